The quantitative estimate of drug-likeness (QED) is 0.606. The Hall–Kier alpha value is -0.350. The molecule has 0 radical (unpaired) electrons. The fourth-order valence-corrected chi connectivity index (χ4v) is 6.76. The highest BCUT2D eigenvalue weighted by Crippen LogP contribution is 2.60. The topological polar surface area (TPSA) is 37.3 Å². The molecule has 118 valence electrons. The molecule has 3 aliphatic rings. The molecule has 1 aromatic rings. The number of fused-ring (bicyclic) bond motifs is 5. The van der Waals surface area contributed by atoms with Crippen LogP contribution in [0.2, 0.25) is 0 Å². The first-order chi connectivity index (χ1) is 10.4. The molecule has 0 aromatic heterocycles. The first-order valence-electron chi connectivity index (χ1n) is 8.16. The number of ketones is 1. The van der Waals surface area contributed by atoms with E-state index in [1.807, 2.05) is 0 Å². The van der Waals surface area contributed by atoms with Gasteiger partial charge in [0.2, 0.25) is 0 Å². The Morgan fingerprint density at radius 2 is 2.00 bits per heavy atom. The monoisotopic (exact) mass is 426 g/mol. The van der Waals surface area contributed by atoms with Crippen molar-refractivity contribution in [3.8, 4) is 5.75 Å². The van der Waals surface area contributed by atoms with Crippen molar-refractivity contribution in [2.45, 2.75) is 51.4 Å². The number of Topliss-reactive ketones (excluding diaryl/α,β-unsaturated/α-hetero) is 1. The summed E-state index contributed by atoms with van der Waals surface area (Å²) in [5, 5.41) is 10.1. The van der Waals surface area contributed by atoms with Gasteiger partial charge in [0.15, 0.2) is 0 Å². The Kier molecular flexibility index (Phi) is 3.50. The van der Waals surface area contributed by atoms with Gasteiger partial charge in [-0.05, 0) is 98.9 Å². The minimum absolute atomic E-state index is 0.0654. The summed E-state index contributed by atoms with van der Waals surface area (Å²) in [4.78, 5) is 12.4. The minimum Gasteiger partial charge on any atom is -0.506 e. The first-order valence-corrected chi connectivity index (χ1v) is 9.75. The maximum Gasteiger partial charge on any atom is 0.144 e. The van der Waals surface area contributed by atoms with Gasteiger partial charge in [-0.1, -0.05) is 6.92 Å². The number of phenols is 1. The largest absolute Gasteiger partial charge is 0.506 e. The molecule has 1 N–H and O–H groups in total. The maximum atomic E-state index is 12.4. The zero-order valence-electron chi connectivity index (χ0n) is 12.7. The van der Waals surface area contributed by atoms with Crippen LogP contribution in [0.25, 0.3) is 0 Å². The third-order valence-corrected chi connectivity index (χ3v) is 8.06. The fraction of sp³-hybridized carbons (Fsp3) is 0.611. The van der Waals surface area contributed by atoms with E-state index < -0.39 is 0 Å². The summed E-state index contributed by atoms with van der Waals surface area (Å²) in [5.74, 6) is 2.53. The first kappa shape index (κ1) is 15.2. The van der Waals surface area contributed by atoms with Gasteiger partial charge in [0.1, 0.15) is 11.5 Å². The summed E-state index contributed by atoms with van der Waals surface area (Å²) in [6.07, 6.45) is 6.11. The van der Waals surface area contributed by atoms with E-state index in [1.54, 1.807) is 0 Å². The molecule has 2 saturated carbocycles. The molecule has 4 atom stereocenters. The maximum absolute atomic E-state index is 12.4. The summed E-state index contributed by atoms with van der Waals surface area (Å²) in [5.41, 5.74) is 2.59. The third-order valence-electron chi connectivity index (χ3n) is 6.60. The molecule has 2 nitrogen and oxygen atoms in total. The average molecular weight is 428 g/mol. The number of hydrogen-bond acceptors (Lipinski definition) is 2. The predicted molar refractivity (Wildman–Crippen MR) is 93.1 cm³/mol. The molecule has 0 amide bonds. The summed E-state index contributed by atoms with van der Waals surface area (Å²) >= 11 is 7.06. The highest BCUT2D eigenvalue weighted by molar-refractivity contribution is 9.11. The summed E-state index contributed by atoms with van der Waals surface area (Å²) in [7, 11) is 0. The number of carbonyl (C=O) groups is 1. The molecule has 0 spiro atoms. The van der Waals surface area contributed by atoms with E-state index in [0.29, 0.717) is 29.3 Å². The normalized spacial score (nSPS) is 36.7. The van der Waals surface area contributed by atoms with Gasteiger partial charge in [-0.3, -0.25) is 4.79 Å². The number of carbonyl (C=O) groups excluding carboxylic acids is 1. The Labute approximate surface area is 147 Å². The van der Waals surface area contributed by atoms with E-state index in [1.165, 1.54) is 11.1 Å². The predicted octanol–water partition coefficient (Wildman–Crippen LogP) is 5.34. The van der Waals surface area contributed by atoms with Crippen molar-refractivity contribution in [2.75, 3.05) is 0 Å². The van der Waals surface area contributed by atoms with Crippen molar-refractivity contribution in [3.05, 3.63) is 26.1 Å². The molecule has 0 heterocycles. The molecule has 3 aliphatic carbocycles. The van der Waals surface area contributed by atoms with Gasteiger partial charge in [-0.25, -0.2) is 0 Å². The van der Waals surface area contributed by atoms with Crippen LogP contribution >= 0.6 is 31.9 Å². The van der Waals surface area contributed by atoms with Gasteiger partial charge in [0.05, 0.1) is 8.95 Å². The van der Waals surface area contributed by atoms with Gasteiger partial charge in [-0.15, -0.1) is 0 Å². The SMILES string of the molecule is C[C@]12CCC3c4cc(Br)c(O)c(Br)c4CCC3C1CCC2=O. The van der Waals surface area contributed by atoms with Crippen LogP contribution in [-0.2, 0) is 11.2 Å². The number of phenolic OH excluding ortho intramolecular Hbond substituents is 1. The number of hydrogen-bond donors (Lipinski definition) is 1. The summed E-state index contributed by atoms with van der Waals surface area (Å²) < 4.78 is 1.63. The number of aromatic hydroxyl groups is 1. The lowest BCUT2D eigenvalue weighted by molar-refractivity contribution is -0.129. The van der Waals surface area contributed by atoms with Crippen LogP contribution in [0.4, 0.5) is 0 Å². The van der Waals surface area contributed by atoms with E-state index in [-0.39, 0.29) is 5.41 Å². The molecule has 0 bridgehead atoms. The average Bonchev–Trinajstić information content (AvgIpc) is 2.80. The Balaban J connectivity index is 1.78. The lowest BCUT2D eigenvalue weighted by Crippen LogP contribution is -2.42. The minimum atomic E-state index is -0.0654. The van der Waals surface area contributed by atoms with Crippen LogP contribution in [-0.4, -0.2) is 10.9 Å². The highest BCUT2D eigenvalue weighted by atomic mass is 79.9. The second kappa shape index (κ2) is 5.07. The summed E-state index contributed by atoms with van der Waals surface area (Å²) in [6, 6.07) is 2.12. The smallest absolute Gasteiger partial charge is 0.144 e. The van der Waals surface area contributed by atoms with Gasteiger partial charge < -0.3 is 5.11 Å². The summed E-state index contributed by atoms with van der Waals surface area (Å²) in [6.45, 7) is 2.21. The van der Waals surface area contributed by atoms with E-state index in [9.17, 15) is 9.90 Å². The molecule has 4 heteroatoms. The van der Waals surface area contributed by atoms with Gasteiger partial charge in [0, 0.05) is 11.8 Å². The molecule has 0 saturated heterocycles. The molecular formula is C18H20Br2O2. The van der Waals surface area contributed by atoms with Crippen molar-refractivity contribution in [1.29, 1.82) is 0 Å². The Morgan fingerprint density at radius 3 is 2.77 bits per heavy atom. The zero-order chi connectivity index (χ0) is 15.6. The molecule has 3 unspecified atom stereocenters. The molecule has 22 heavy (non-hydrogen) atoms. The molecule has 4 rings (SSSR count). The van der Waals surface area contributed by atoms with Crippen LogP contribution in [0, 0.1) is 17.3 Å². The van der Waals surface area contributed by atoms with E-state index in [0.717, 1.165) is 47.5 Å². The van der Waals surface area contributed by atoms with Crippen LogP contribution < -0.4 is 0 Å². The van der Waals surface area contributed by atoms with Gasteiger partial charge >= 0.3 is 0 Å². The third kappa shape index (κ3) is 1.92. The second-order valence-corrected chi connectivity index (χ2v) is 9.07. The Morgan fingerprint density at radius 1 is 1.23 bits per heavy atom. The van der Waals surface area contributed by atoms with E-state index in [4.69, 9.17) is 0 Å². The zero-order valence-corrected chi connectivity index (χ0v) is 15.8. The molecule has 0 aliphatic heterocycles. The van der Waals surface area contributed by atoms with Crippen molar-refractivity contribution >= 4 is 37.6 Å². The van der Waals surface area contributed by atoms with Crippen molar-refractivity contribution < 1.29 is 9.90 Å². The van der Waals surface area contributed by atoms with Crippen LogP contribution in [0.1, 0.15) is 56.1 Å². The van der Waals surface area contributed by atoms with Gasteiger partial charge in [0.25, 0.3) is 0 Å². The van der Waals surface area contributed by atoms with Crippen molar-refractivity contribution in [2.24, 2.45) is 17.3 Å². The van der Waals surface area contributed by atoms with Crippen molar-refractivity contribution in [1.82, 2.24) is 0 Å². The van der Waals surface area contributed by atoms with Gasteiger partial charge in [-0.2, -0.15) is 0 Å². The Bertz CT molecular complexity index is 670. The van der Waals surface area contributed by atoms with Crippen LogP contribution in [0.15, 0.2) is 15.0 Å². The molecule has 2 fully saturated rings. The second-order valence-electron chi connectivity index (χ2n) is 7.42. The highest BCUT2D eigenvalue weighted by Gasteiger charge is 2.54. The molecule has 1 aromatic carbocycles. The van der Waals surface area contributed by atoms with Crippen LogP contribution in [0.5, 0.6) is 5.75 Å². The lowest BCUT2D eigenvalue weighted by Gasteiger charge is -2.48. The number of rotatable bonds is 0. The van der Waals surface area contributed by atoms with Crippen LogP contribution in [0.3, 0.4) is 0 Å². The number of benzene rings is 1. The molecular weight excluding hydrogens is 408 g/mol. The van der Waals surface area contributed by atoms with E-state index >= 15 is 0 Å². The van der Waals surface area contributed by atoms with Crippen molar-refractivity contribution in [3.63, 3.8) is 0 Å². The van der Waals surface area contributed by atoms with E-state index in [2.05, 4.69) is 44.8 Å². The fourth-order valence-electron chi connectivity index (χ4n) is 5.41. The lowest BCUT2D eigenvalue weighted by atomic mass is 9.55. The standard InChI is InChI=1S/C18H20Br2O2/c1-18-7-6-9-10(13(18)4-5-15(18)21)2-3-11-12(9)8-14(19)17(22)16(11)20/h8-10,13,22H,2-7H2,1H3/t9?,10?,13?,18-/m0/s1. The number of halogens is 2.